The summed E-state index contributed by atoms with van der Waals surface area (Å²) in [4.78, 5) is 8.12. The van der Waals surface area contributed by atoms with E-state index in [1.54, 1.807) is 6.20 Å². The first-order chi connectivity index (χ1) is 6.77. The second-order valence-corrected chi connectivity index (χ2v) is 3.89. The third-order valence-corrected chi connectivity index (χ3v) is 2.90. The zero-order valence-electron chi connectivity index (χ0n) is 8.19. The highest BCUT2D eigenvalue weighted by Crippen LogP contribution is 2.30. The molecule has 1 aromatic heterocycles. The van der Waals surface area contributed by atoms with Crippen LogP contribution in [0.15, 0.2) is 12.3 Å². The Balaban J connectivity index is 2.20. The number of rotatable bonds is 1. The zero-order valence-corrected chi connectivity index (χ0v) is 8.19. The van der Waals surface area contributed by atoms with Crippen molar-refractivity contribution in [3.05, 3.63) is 18.0 Å². The van der Waals surface area contributed by atoms with Crippen LogP contribution in [0.2, 0.25) is 0 Å². The molecular weight excluding hydrogens is 176 g/mol. The molecule has 1 fully saturated rings. The number of nitrogens with zero attached hydrogens (tertiary/aromatic N) is 2. The molecule has 1 saturated carbocycles. The molecular formula is C10H16N4. The molecule has 2 rings (SSSR count). The largest absolute Gasteiger partial charge is 0.368 e. The first kappa shape index (κ1) is 9.40. The number of hydrogen-bond donors (Lipinski definition) is 2. The number of nitrogen functional groups attached to an aromatic ring is 1. The van der Waals surface area contributed by atoms with Gasteiger partial charge in [-0.25, -0.2) is 9.97 Å². The van der Waals surface area contributed by atoms with Crippen LogP contribution < -0.4 is 11.5 Å². The summed E-state index contributed by atoms with van der Waals surface area (Å²) in [5.41, 5.74) is 12.6. The van der Waals surface area contributed by atoms with Crippen molar-refractivity contribution in [1.82, 2.24) is 9.97 Å². The highest BCUT2D eigenvalue weighted by molar-refractivity contribution is 5.21. The average Bonchev–Trinajstić information content (AvgIpc) is 2.18. The maximum atomic E-state index is 6.06. The number of anilines is 1. The quantitative estimate of drug-likeness (QED) is 0.697. The summed E-state index contributed by atoms with van der Waals surface area (Å²) in [6.07, 6.45) is 6.39. The highest BCUT2D eigenvalue weighted by Gasteiger charge is 2.24. The fourth-order valence-corrected chi connectivity index (χ4v) is 2.12. The van der Waals surface area contributed by atoms with Crippen LogP contribution in [-0.4, -0.2) is 16.0 Å². The van der Waals surface area contributed by atoms with Gasteiger partial charge in [0.25, 0.3) is 0 Å². The van der Waals surface area contributed by atoms with E-state index in [1.807, 2.05) is 6.07 Å². The molecule has 2 unspecified atom stereocenters. The number of nitrogens with two attached hydrogens (primary N) is 2. The molecule has 1 heterocycles. The third-order valence-electron chi connectivity index (χ3n) is 2.90. The lowest BCUT2D eigenvalue weighted by atomic mass is 9.83. The van der Waals surface area contributed by atoms with Crippen LogP contribution in [0.25, 0.3) is 0 Å². The highest BCUT2D eigenvalue weighted by atomic mass is 15.0. The fourth-order valence-electron chi connectivity index (χ4n) is 2.12. The minimum absolute atomic E-state index is 0.234. The van der Waals surface area contributed by atoms with E-state index in [0.717, 1.165) is 18.5 Å². The summed E-state index contributed by atoms with van der Waals surface area (Å²) in [6.45, 7) is 0. The molecule has 0 aromatic carbocycles. The lowest BCUT2D eigenvalue weighted by Gasteiger charge is -2.27. The van der Waals surface area contributed by atoms with E-state index in [-0.39, 0.29) is 6.04 Å². The van der Waals surface area contributed by atoms with Crippen LogP contribution >= 0.6 is 0 Å². The Bertz CT molecular complexity index is 313. The Morgan fingerprint density at radius 1 is 1.29 bits per heavy atom. The lowest BCUT2D eigenvalue weighted by Crippen LogP contribution is -2.32. The van der Waals surface area contributed by atoms with Crippen molar-refractivity contribution in [3.63, 3.8) is 0 Å². The minimum atomic E-state index is 0.234. The van der Waals surface area contributed by atoms with Crippen molar-refractivity contribution in [3.8, 4) is 0 Å². The van der Waals surface area contributed by atoms with Crippen LogP contribution in [0.1, 0.15) is 37.3 Å². The summed E-state index contributed by atoms with van der Waals surface area (Å²) in [6, 6.07) is 2.16. The Kier molecular flexibility index (Phi) is 2.63. The smallest absolute Gasteiger partial charge is 0.220 e. The number of hydrogen-bond acceptors (Lipinski definition) is 4. The molecule has 1 aliphatic carbocycles. The molecule has 4 heteroatoms. The van der Waals surface area contributed by atoms with Crippen molar-refractivity contribution in [1.29, 1.82) is 0 Å². The van der Waals surface area contributed by atoms with Gasteiger partial charge in [-0.1, -0.05) is 12.8 Å². The van der Waals surface area contributed by atoms with Gasteiger partial charge in [0.05, 0.1) is 5.69 Å². The van der Waals surface area contributed by atoms with E-state index in [0.29, 0.717) is 11.9 Å². The topological polar surface area (TPSA) is 77.8 Å². The Morgan fingerprint density at radius 2 is 2.07 bits per heavy atom. The Labute approximate surface area is 83.7 Å². The van der Waals surface area contributed by atoms with E-state index in [1.165, 1.54) is 12.8 Å². The molecule has 1 aromatic rings. The summed E-state index contributed by atoms with van der Waals surface area (Å²) >= 11 is 0. The molecule has 0 bridgehead atoms. The van der Waals surface area contributed by atoms with E-state index in [2.05, 4.69) is 9.97 Å². The minimum Gasteiger partial charge on any atom is -0.368 e. The molecule has 0 spiro atoms. The standard InChI is InChI=1S/C10H16N4/c11-8-4-2-1-3-7(8)9-5-6-13-10(12)14-9/h5-8H,1-4,11H2,(H2,12,13,14). The van der Waals surface area contributed by atoms with E-state index in [9.17, 15) is 0 Å². The molecule has 4 nitrogen and oxygen atoms in total. The van der Waals surface area contributed by atoms with Gasteiger partial charge in [-0.2, -0.15) is 0 Å². The van der Waals surface area contributed by atoms with Gasteiger partial charge >= 0.3 is 0 Å². The van der Waals surface area contributed by atoms with Crippen molar-refractivity contribution in [2.24, 2.45) is 5.73 Å². The summed E-state index contributed by atoms with van der Waals surface area (Å²) in [7, 11) is 0. The van der Waals surface area contributed by atoms with Gasteiger partial charge in [-0.15, -0.1) is 0 Å². The molecule has 0 amide bonds. The van der Waals surface area contributed by atoms with Gasteiger partial charge in [0, 0.05) is 18.2 Å². The Morgan fingerprint density at radius 3 is 2.79 bits per heavy atom. The van der Waals surface area contributed by atoms with Crippen molar-refractivity contribution in [2.75, 3.05) is 5.73 Å². The van der Waals surface area contributed by atoms with Crippen molar-refractivity contribution in [2.45, 2.75) is 37.6 Å². The van der Waals surface area contributed by atoms with Crippen LogP contribution in [0.4, 0.5) is 5.95 Å². The maximum Gasteiger partial charge on any atom is 0.220 e. The van der Waals surface area contributed by atoms with Gasteiger partial charge in [0.15, 0.2) is 0 Å². The van der Waals surface area contributed by atoms with Gasteiger partial charge < -0.3 is 11.5 Å². The predicted molar refractivity (Wildman–Crippen MR) is 55.6 cm³/mol. The third kappa shape index (κ3) is 1.85. The number of aromatic nitrogens is 2. The van der Waals surface area contributed by atoms with E-state index < -0.39 is 0 Å². The van der Waals surface area contributed by atoms with E-state index >= 15 is 0 Å². The van der Waals surface area contributed by atoms with Gasteiger partial charge in [-0.3, -0.25) is 0 Å². The summed E-state index contributed by atoms with van der Waals surface area (Å²) < 4.78 is 0. The normalized spacial score (nSPS) is 27.5. The van der Waals surface area contributed by atoms with Gasteiger partial charge in [0.2, 0.25) is 5.95 Å². The van der Waals surface area contributed by atoms with Crippen LogP contribution in [0.5, 0.6) is 0 Å². The molecule has 76 valence electrons. The van der Waals surface area contributed by atoms with Gasteiger partial charge in [0.1, 0.15) is 0 Å². The summed E-state index contributed by atoms with van der Waals surface area (Å²) in [5.74, 6) is 0.717. The molecule has 0 saturated heterocycles. The monoisotopic (exact) mass is 192 g/mol. The lowest BCUT2D eigenvalue weighted by molar-refractivity contribution is 0.379. The summed E-state index contributed by atoms with van der Waals surface area (Å²) in [5, 5.41) is 0. The first-order valence-corrected chi connectivity index (χ1v) is 5.11. The van der Waals surface area contributed by atoms with Crippen molar-refractivity contribution >= 4 is 5.95 Å². The molecule has 14 heavy (non-hydrogen) atoms. The average molecular weight is 192 g/mol. The molecule has 0 aliphatic heterocycles. The molecule has 0 radical (unpaired) electrons. The van der Waals surface area contributed by atoms with Gasteiger partial charge in [-0.05, 0) is 18.9 Å². The first-order valence-electron chi connectivity index (χ1n) is 5.11. The van der Waals surface area contributed by atoms with Crippen LogP contribution in [0, 0.1) is 0 Å². The second-order valence-electron chi connectivity index (χ2n) is 3.89. The zero-order chi connectivity index (χ0) is 9.97. The maximum absolute atomic E-state index is 6.06. The molecule has 1 aliphatic rings. The fraction of sp³-hybridized carbons (Fsp3) is 0.600. The molecule has 4 N–H and O–H groups in total. The van der Waals surface area contributed by atoms with E-state index in [4.69, 9.17) is 11.5 Å². The molecule has 2 atom stereocenters. The Hall–Kier alpha value is -1.16. The SMILES string of the molecule is Nc1nccc(C2CCCCC2N)n1. The van der Waals surface area contributed by atoms with Crippen molar-refractivity contribution < 1.29 is 0 Å². The van der Waals surface area contributed by atoms with Crippen LogP contribution in [-0.2, 0) is 0 Å². The second kappa shape index (κ2) is 3.92. The predicted octanol–water partition coefficient (Wildman–Crippen LogP) is 1.04. The van der Waals surface area contributed by atoms with Crippen LogP contribution in [0.3, 0.4) is 0 Å².